The summed E-state index contributed by atoms with van der Waals surface area (Å²) in [7, 11) is -3.69. The van der Waals surface area contributed by atoms with E-state index in [-0.39, 0.29) is 0 Å². The molecule has 0 aliphatic heterocycles. The fourth-order valence-electron chi connectivity index (χ4n) is 0.478. The molecule has 0 atom stereocenters. The van der Waals surface area contributed by atoms with Crippen molar-refractivity contribution in [2.24, 2.45) is 0 Å². The van der Waals surface area contributed by atoms with Crippen LogP contribution >= 0.6 is 0 Å². The maximum atomic E-state index is 10.8. The van der Waals surface area contributed by atoms with Crippen molar-refractivity contribution in [2.75, 3.05) is 7.05 Å². The summed E-state index contributed by atoms with van der Waals surface area (Å²) in [5.41, 5.74) is 0. The molecule has 0 amide bonds. The van der Waals surface area contributed by atoms with Gasteiger partial charge in [0.2, 0.25) is 10.4 Å². The fourth-order valence-corrected chi connectivity index (χ4v) is 0.710. The summed E-state index contributed by atoms with van der Waals surface area (Å²) in [5, 5.41) is 0. The molecule has 0 aromatic heterocycles. The van der Waals surface area contributed by atoms with Crippen LogP contribution in [0.5, 0.6) is 0 Å². The van der Waals surface area contributed by atoms with Crippen molar-refractivity contribution in [1.29, 1.82) is 0 Å². The molecule has 0 aromatic rings. The van der Waals surface area contributed by atoms with Crippen molar-refractivity contribution in [3.8, 4) is 0 Å². The Kier molecular flexibility index (Phi) is 8.03. The van der Waals surface area contributed by atoms with Gasteiger partial charge < -0.3 is 4.55 Å². The van der Waals surface area contributed by atoms with Gasteiger partial charge in [-0.25, -0.2) is 13.0 Å². The van der Waals surface area contributed by atoms with E-state index in [2.05, 4.69) is 19.7 Å². The van der Waals surface area contributed by atoms with Crippen molar-refractivity contribution < 1.29 is 34.9 Å². The van der Waals surface area contributed by atoms with Crippen molar-refractivity contribution in [1.82, 2.24) is 0 Å². The first-order chi connectivity index (χ1) is 7.02. The van der Waals surface area contributed by atoms with Crippen LogP contribution in [0.3, 0.4) is 0 Å². The monoisotopic (exact) mass is 263 g/mol. The topological polar surface area (TPSA) is 69.4 Å². The summed E-state index contributed by atoms with van der Waals surface area (Å²) in [4.78, 5) is 0. The van der Waals surface area contributed by atoms with Crippen molar-refractivity contribution in [3.63, 3.8) is 0 Å². The molecule has 96 valence electrons. The smallest absolute Gasteiger partial charge is 0.536 e. The van der Waals surface area contributed by atoms with Crippen molar-refractivity contribution >= 4 is 16.6 Å². The molecule has 0 rings (SSSR count). The Labute approximate surface area is 91.8 Å². The molecule has 0 radical (unpaired) electrons. The SMILES string of the molecule is C=C[N+](C)=CCC.O=S(=O)([O-])OC(F)(F)F. The normalized spacial score (nSPS) is 12.8. The summed E-state index contributed by atoms with van der Waals surface area (Å²) in [6.45, 7) is 5.67. The van der Waals surface area contributed by atoms with Gasteiger partial charge in [0.1, 0.15) is 13.3 Å². The van der Waals surface area contributed by atoms with Crippen LogP contribution in [-0.2, 0) is 14.6 Å². The largest absolute Gasteiger partial charge is 0.725 e. The minimum atomic E-state index is -5.66. The van der Waals surface area contributed by atoms with Gasteiger partial charge >= 0.3 is 6.36 Å². The van der Waals surface area contributed by atoms with Crippen LogP contribution in [0.4, 0.5) is 13.2 Å². The van der Waals surface area contributed by atoms with Crippen LogP contribution in [0.25, 0.3) is 0 Å². The van der Waals surface area contributed by atoms with E-state index in [1.165, 1.54) is 0 Å². The second kappa shape index (κ2) is 7.36. The third-order valence-corrected chi connectivity index (χ3v) is 1.35. The molecule has 0 aromatic carbocycles. The van der Waals surface area contributed by atoms with Gasteiger partial charge in [-0.15, -0.1) is 13.2 Å². The lowest BCUT2D eigenvalue weighted by atomic mass is 10.5. The Balaban J connectivity index is 0. The van der Waals surface area contributed by atoms with E-state index in [1.807, 2.05) is 15.8 Å². The Bertz CT molecular complexity index is 334. The van der Waals surface area contributed by atoms with Gasteiger partial charge in [0.05, 0.1) is 0 Å². The molecule has 9 heteroatoms. The maximum absolute atomic E-state index is 10.8. The number of halogens is 3. The van der Waals surface area contributed by atoms with Crippen LogP contribution in [0.2, 0.25) is 0 Å². The molecule has 0 saturated heterocycles. The van der Waals surface area contributed by atoms with Crippen LogP contribution in [0.1, 0.15) is 13.3 Å². The summed E-state index contributed by atoms with van der Waals surface area (Å²) < 4.78 is 63.7. The molecule has 0 spiro atoms. The standard InChI is InChI=1S/C6H12N.CHF3O4S/c1-4-6-7(3)5-2;2-1(3,4)8-9(5,6)7/h5-6H,2,4H2,1,3H3;(H,5,6,7)/q+1;/p-1. The summed E-state index contributed by atoms with van der Waals surface area (Å²) in [6, 6.07) is 0. The van der Waals surface area contributed by atoms with E-state index >= 15 is 0 Å². The number of nitrogens with zero attached hydrogens (tertiary/aromatic N) is 1. The Hall–Kier alpha value is -0.930. The highest BCUT2D eigenvalue weighted by atomic mass is 32.3. The van der Waals surface area contributed by atoms with Gasteiger partial charge in [-0.3, -0.25) is 0 Å². The molecule has 0 unspecified atom stereocenters. The van der Waals surface area contributed by atoms with E-state index < -0.39 is 16.8 Å². The Morgan fingerprint density at radius 1 is 1.50 bits per heavy atom. The highest BCUT2D eigenvalue weighted by Gasteiger charge is 2.32. The highest BCUT2D eigenvalue weighted by Crippen LogP contribution is 2.17. The van der Waals surface area contributed by atoms with Gasteiger partial charge in [0, 0.05) is 6.42 Å². The number of hydrogen-bond acceptors (Lipinski definition) is 4. The molecule has 0 aliphatic rings. The van der Waals surface area contributed by atoms with E-state index in [9.17, 15) is 13.2 Å². The second-order valence-electron chi connectivity index (χ2n) is 2.38. The molecule has 0 heterocycles. The zero-order chi connectivity index (χ0) is 13.4. The lowest BCUT2D eigenvalue weighted by Crippen LogP contribution is -2.18. The average Bonchev–Trinajstić information content (AvgIpc) is 1.98. The first kappa shape index (κ1) is 17.5. The predicted octanol–water partition coefficient (Wildman–Crippen LogP) is 1.24. The first-order valence-corrected chi connectivity index (χ1v) is 5.26. The first-order valence-electron chi connectivity index (χ1n) is 3.92. The summed E-state index contributed by atoms with van der Waals surface area (Å²) >= 11 is 0. The number of hydrogen-bond donors (Lipinski definition) is 0. The van der Waals surface area contributed by atoms with E-state index in [0.717, 1.165) is 6.42 Å². The zero-order valence-electron chi connectivity index (χ0n) is 8.69. The summed E-state index contributed by atoms with van der Waals surface area (Å²) in [5.74, 6) is 0. The van der Waals surface area contributed by atoms with E-state index in [4.69, 9.17) is 13.0 Å². The average molecular weight is 263 g/mol. The van der Waals surface area contributed by atoms with Crippen LogP contribution in [0, 0.1) is 0 Å². The van der Waals surface area contributed by atoms with E-state index in [1.54, 1.807) is 6.20 Å². The van der Waals surface area contributed by atoms with Crippen LogP contribution in [-0.4, -0.2) is 37.2 Å². The minimum Gasteiger partial charge on any atom is -0.725 e. The summed E-state index contributed by atoms with van der Waals surface area (Å²) in [6.07, 6.45) is -0.500. The maximum Gasteiger partial charge on any atom is 0.536 e. The van der Waals surface area contributed by atoms with Crippen molar-refractivity contribution in [2.45, 2.75) is 19.7 Å². The second-order valence-corrected chi connectivity index (χ2v) is 3.36. The van der Waals surface area contributed by atoms with Gasteiger partial charge in [-0.2, -0.15) is 4.18 Å². The minimum absolute atomic E-state index is 1.07. The number of rotatable bonds is 3. The molecule has 16 heavy (non-hydrogen) atoms. The Morgan fingerprint density at radius 3 is 2.00 bits per heavy atom. The highest BCUT2D eigenvalue weighted by molar-refractivity contribution is 7.80. The number of alkyl halides is 3. The van der Waals surface area contributed by atoms with Crippen LogP contribution < -0.4 is 0 Å². The molecule has 5 nitrogen and oxygen atoms in total. The van der Waals surface area contributed by atoms with Gasteiger partial charge in [-0.05, 0) is 6.58 Å². The molecule has 0 fully saturated rings. The molecular weight excluding hydrogens is 251 g/mol. The molecule has 0 N–H and O–H groups in total. The fraction of sp³-hybridized carbons (Fsp3) is 0.571. The van der Waals surface area contributed by atoms with Gasteiger partial charge in [-0.1, -0.05) is 6.92 Å². The third-order valence-electron chi connectivity index (χ3n) is 0.955. The predicted molar refractivity (Wildman–Crippen MR) is 49.6 cm³/mol. The van der Waals surface area contributed by atoms with E-state index in [0.29, 0.717) is 0 Å². The van der Waals surface area contributed by atoms with Gasteiger partial charge in [0.25, 0.3) is 0 Å². The molecule has 0 aliphatic carbocycles. The zero-order valence-corrected chi connectivity index (χ0v) is 9.51. The third kappa shape index (κ3) is 18.8. The van der Waals surface area contributed by atoms with Crippen LogP contribution in [0.15, 0.2) is 12.8 Å². The van der Waals surface area contributed by atoms with Crippen molar-refractivity contribution in [3.05, 3.63) is 12.8 Å². The lowest BCUT2D eigenvalue weighted by Gasteiger charge is -2.08. The quantitative estimate of drug-likeness (QED) is 0.332. The lowest BCUT2D eigenvalue weighted by molar-refractivity contribution is -0.417. The van der Waals surface area contributed by atoms with Gasteiger partial charge in [0.15, 0.2) is 6.20 Å². The molecular formula is C7H12F3NO4S. The molecule has 0 bridgehead atoms. The molecule has 0 saturated carbocycles. The Morgan fingerprint density at radius 2 is 1.94 bits per heavy atom.